The van der Waals surface area contributed by atoms with Crippen LogP contribution in [-0.2, 0) is 11.3 Å². The SMILES string of the molecule is CC[C@H](O)[C@@H](NC(=O)CN1Cc2ccc(-c3nc(NC)ncc3Cl)cc2C1=O)c1cc(F)cc(OC)c1. The van der Waals surface area contributed by atoms with Crippen molar-refractivity contribution in [2.45, 2.75) is 32.0 Å². The van der Waals surface area contributed by atoms with Crippen molar-refractivity contribution >= 4 is 29.4 Å². The zero-order valence-corrected chi connectivity index (χ0v) is 21.3. The van der Waals surface area contributed by atoms with Gasteiger partial charge >= 0.3 is 0 Å². The van der Waals surface area contributed by atoms with Crippen molar-refractivity contribution in [1.29, 1.82) is 0 Å². The molecule has 2 aromatic carbocycles. The Morgan fingerprint density at radius 3 is 2.78 bits per heavy atom. The number of anilines is 1. The van der Waals surface area contributed by atoms with E-state index in [1.54, 1.807) is 32.2 Å². The number of methoxy groups -OCH3 is 1. The third kappa shape index (κ3) is 5.65. The Balaban J connectivity index is 1.51. The molecule has 9 nitrogen and oxygen atoms in total. The first-order chi connectivity index (χ1) is 17.7. The molecule has 1 aliphatic rings. The van der Waals surface area contributed by atoms with Gasteiger partial charge in [0.25, 0.3) is 5.91 Å². The normalized spacial score (nSPS) is 14.2. The highest BCUT2D eigenvalue weighted by molar-refractivity contribution is 6.33. The van der Waals surface area contributed by atoms with Crippen LogP contribution in [0.1, 0.15) is 40.9 Å². The molecule has 37 heavy (non-hydrogen) atoms. The maximum Gasteiger partial charge on any atom is 0.254 e. The van der Waals surface area contributed by atoms with Gasteiger partial charge in [0.1, 0.15) is 18.1 Å². The Bertz CT molecular complexity index is 1340. The lowest BCUT2D eigenvalue weighted by atomic mass is 9.99. The van der Waals surface area contributed by atoms with E-state index in [-0.39, 0.29) is 24.7 Å². The summed E-state index contributed by atoms with van der Waals surface area (Å²) in [5.41, 5.74) is 2.71. The number of aromatic nitrogens is 2. The number of hydrogen-bond donors (Lipinski definition) is 3. The predicted octanol–water partition coefficient (Wildman–Crippen LogP) is 3.57. The Hall–Kier alpha value is -3.76. The fraction of sp³-hybridized carbons (Fsp3) is 0.308. The molecule has 0 fully saturated rings. The Kier molecular flexibility index (Phi) is 7.89. The third-order valence-corrected chi connectivity index (χ3v) is 6.45. The highest BCUT2D eigenvalue weighted by atomic mass is 35.5. The van der Waals surface area contributed by atoms with E-state index in [2.05, 4.69) is 20.6 Å². The van der Waals surface area contributed by atoms with Crippen LogP contribution in [0, 0.1) is 5.82 Å². The van der Waals surface area contributed by atoms with Crippen molar-refractivity contribution in [2.75, 3.05) is 26.0 Å². The first kappa shape index (κ1) is 26.3. The number of nitrogens with zero attached hydrogens (tertiary/aromatic N) is 3. The molecule has 4 rings (SSSR count). The predicted molar refractivity (Wildman–Crippen MR) is 137 cm³/mol. The van der Waals surface area contributed by atoms with Gasteiger partial charge in [-0.05, 0) is 35.7 Å². The quantitative estimate of drug-likeness (QED) is 0.389. The molecule has 1 aromatic heterocycles. The molecule has 0 saturated carbocycles. The highest BCUT2D eigenvalue weighted by Crippen LogP contribution is 2.31. The second-order valence-electron chi connectivity index (χ2n) is 8.62. The molecule has 0 spiro atoms. The molecule has 11 heteroatoms. The molecule has 0 unspecified atom stereocenters. The summed E-state index contributed by atoms with van der Waals surface area (Å²) in [4.78, 5) is 36.0. The van der Waals surface area contributed by atoms with Crippen LogP contribution in [0.4, 0.5) is 10.3 Å². The van der Waals surface area contributed by atoms with E-state index in [4.69, 9.17) is 16.3 Å². The summed E-state index contributed by atoms with van der Waals surface area (Å²) in [5, 5.41) is 16.5. The highest BCUT2D eigenvalue weighted by Gasteiger charge is 2.31. The van der Waals surface area contributed by atoms with Gasteiger partial charge < -0.3 is 25.4 Å². The number of aliphatic hydroxyl groups is 1. The van der Waals surface area contributed by atoms with E-state index >= 15 is 0 Å². The monoisotopic (exact) mass is 527 g/mol. The lowest BCUT2D eigenvalue weighted by Crippen LogP contribution is -2.42. The van der Waals surface area contributed by atoms with E-state index in [0.717, 1.165) is 5.56 Å². The van der Waals surface area contributed by atoms with Crippen molar-refractivity contribution in [1.82, 2.24) is 20.2 Å². The number of aliphatic hydroxyl groups excluding tert-OH is 1. The standard InChI is InChI=1S/C26H27ClFN5O4/c1-4-21(34)24(16-7-17(28)10-18(8-16)37-3)31-22(35)13-33-12-15-6-5-14(9-19(15)25(33)36)23-20(27)11-30-26(29-2)32-23/h5-11,21,24,34H,4,12-13H2,1-3H3,(H,31,35)(H,29,30,32)/t21-,24-/m0/s1. The van der Waals surface area contributed by atoms with Gasteiger partial charge in [0.2, 0.25) is 11.9 Å². The first-order valence-corrected chi connectivity index (χ1v) is 12.1. The summed E-state index contributed by atoms with van der Waals surface area (Å²) in [6.45, 7) is 1.76. The largest absolute Gasteiger partial charge is 0.497 e. The van der Waals surface area contributed by atoms with E-state index in [0.29, 0.717) is 39.8 Å². The Morgan fingerprint density at radius 1 is 1.30 bits per heavy atom. The molecule has 2 amide bonds. The summed E-state index contributed by atoms with van der Waals surface area (Å²) < 4.78 is 19.2. The van der Waals surface area contributed by atoms with Crippen molar-refractivity contribution in [3.8, 4) is 17.0 Å². The first-order valence-electron chi connectivity index (χ1n) is 11.7. The molecule has 0 bridgehead atoms. The van der Waals surface area contributed by atoms with Crippen LogP contribution in [-0.4, -0.2) is 58.6 Å². The number of carbonyl (C=O) groups is 2. The zero-order valence-electron chi connectivity index (χ0n) is 20.6. The molecule has 1 aliphatic heterocycles. The molecule has 2 heterocycles. The second-order valence-corrected chi connectivity index (χ2v) is 9.03. The smallest absolute Gasteiger partial charge is 0.254 e. The maximum atomic E-state index is 14.1. The average Bonchev–Trinajstić information content (AvgIpc) is 3.20. The number of rotatable bonds is 9. The fourth-order valence-electron chi connectivity index (χ4n) is 4.24. The third-order valence-electron chi connectivity index (χ3n) is 6.17. The lowest BCUT2D eigenvalue weighted by Gasteiger charge is -2.25. The number of ether oxygens (including phenoxy) is 1. The summed E-state index contributed by atoms with van der Waals surface area (Å²) in [5.74, 6) is -0.692. The Labute approximate surface area is 218 Å². The van der Waals surface area contributed by atoms with Gasteiger partial charge in [0.15, 0.2) is 0 Å². The van der Waals surface area contributed by atoms with Gasteiger partial charge in [-0.25, -0.2) is 14.4 Å². The minimum absolute atomic E-state index is 0.236. The summed E-state index contributed by atoms with van der Waals surface area (Å²) >= 11 is 6.28. The lowest BCUT2D eigenvalue weighted by molar-refractivity contribution is -0.123. The van der Waals surface area contributed by atoms with Gasteiger partial charge in [-0.3, -0.25) is 9.59 Å². The van der Waals surface area contributed by atoms with Gasteiger partial charge in [-0.15, -0.1) is 0 Å². The van der Waals surface area contributed by atoms with Crippen LogP contribution in [0.5, 0.6) is 5.75 Å². The average molecular weight is 528 g/mol. The molecule has 0 aliphatic carbocycles. The van der Waals surface area contributed by atoms with Crippen molar-refractivity contribution < 1.29 is 23.8 Å². The number of halogens is 2. The summed E-state index contributed by atoms with van der Waals surface area (Å²) in [7, 11) is 3.10. The number of amides is 2. The molecule has 0 radical (unpaired) electrons. The van der Waals surface area contributed by atoms with Crippen LogP contribution >= 0.6 is 11.6 Å². The minimum Gasteiger partial charge on any atom is -0.497 e. The van der Waals surface area contributed by atoms with Crippen LogP contribution < -0.4 is 15.4 Å². The van der Waals surface area contributed by atoms with E-state index in [1.165, 1.54) is 30.3 Å². The maximum absolute atomic E-state index is 14.1. The van der Waals surface area contributed by atoms with Gasteiger partial charge in [-0.1, -0.05) is 30.7 Å². The molecular weight excluding hydrogens is 501 g/mol. The van der Waals surface area contributed by atoms with Gasteiger partial charge in [0.05, 0.1) is 36.2 Å². The second kappa shape index (κ2) is 11.1. The molecule has 3 N–H and O–H groups in total. The van der Waals surface area contributed by atoms with Crippen LogP contribution in [0.3, 0.4) is 0 Å². The van der Waals surface area contributed by atoms with Crippen LogP contribution in [0.25, 0.3) is 11.3 Å². The van der Waals surface area contributed by atoms with Gasteiger partial charge in [0, 0.05) is 30.8 Å². The van der Waals surface area contributed by atoms with Crippen molar-refractivity contribution in [3.63, 3.8) is 0 Å². The number of nitrogens with one attached hydrogen (secondary N) is 2. The van der Waals surface area contributed by atoms with E-state index < -0.39 is 23.9 Å². The number of hydrogen-bond acceptors (Lipinski definition) is 7. The molecular formula is C26H27ClFN5O4. The number of benzene rings is 2. The molecule has 3 aromatic rings. The molecule has 2 atom stereocenters. The number of fused-ring (bicyclic) bond motifs is 1. The van der Waals surface area contributed by atoms with Crippen LogP contribution in [0.15, 0.2) is 42.6 Å². The number of carbonyl (C=O) groups excluding carboxylic acids is 2. The Morgan fingerprint density at radius 2 is 2.08 bits per heavy atom. The van der Waals surface area contributed by atoms with Crippen LogP contribution in [0.2, 0.25) is 5.02 Å². The summed E-state index contributed by atoms with van der Waals surface area (Å²) in [6, 6.07) is 8.45. The van der Waals surface area contributed by atoms with Crippen molar-refractivity contribution in [2.24, 2.45) is 0 Å². The minimum atomic E-state index is -0.968. The van der Waals surface area contributed by atoms with E-state index in [9.17, 15) is 19.1 Å². The summed E-state index contributed by atoms with van der Waals surface area (Å²) in [6.07, 6.45) is 0.836. The topological polar surface area (TPSA) is 117 Å². The van der Waals surface area contributed by atoms with Gasteiger partial charge in [-0.2, -0.15) is 0 Å². The zero-order chi connectivity index (χ0) is 26.7. The molecule has 0 saturated heterocycles. The molecule has 194 valence electrons. The fourth-order valence-corrected chi connectivity index (χ4v) is 4.44. The van der Waals surface area contributed by atoms with Crippen molar-refractivity contribution in [3.05, 3.63) is 70.1 Å². The van der Waals surface area contributed by atoms with E-state index in [1.807, 2.05) is 6.07 Å².